The number of aromatic amines is 1. The Bertz CT molecular complexity index is 1980. The van der Waals surface area contributed by atoms with Crippen molar-refractivity contribution in [2.75, 3.05) is 26.1 Å². The molecule has 11 nitrogen and oxygen atoms in total. The Morgan fingerprint density at radius 2 is 1.54 bits per heavy atom. The van der Waals surface area contributed by atoms with E-state index in [2.05, 4.69) is 37.4 Å². The van der Waals surface area contributed by atoms with Gasteiger partial charge in [0, 0.05) is 18.3 Å². The predicted molar refractivity (Wildman–Crippen MR) is 181 cm³/mol. The van der Waals surface area contributed by atoms with Crippen molar-refractivity contribution >= 4 is 17.0 Å². The van der Waals surface area contributed by atoms with Crippen molar-refractivity contribution in [1.29, 1.82) is 0 Å². The van der Waals surface area contributed by atoms with Crippen molar-refractivity contribution in [2.45, 2.75) is 37.3 Å². The van der Waals surface area contributed by atoms with Crippen LogP contribution >= 0.6 is 0 Å². The van der Waals surface area contributed by atoms with Gasteiger partial charge in [-0.25, -0.2) is 15.0 Å². The van der Waals surface area contributed by atoms with Gasteiger partial charge in [0.15, 0.2) is 17.0 Å². The first-order valence-electron chi connectivity index (χ1n) is 15.8. The van der Waals surface area contributed by atoms with Crippen LogP contribution in [-0.4, -0.2) is 51.4 Å². The minimum absolute atomic E-state index is 0.149. The molecule has 11 heteroatoms. The molecule has 7 rings (SSSR count). The average molecular weight is 645 g/mol. The SMILES string of the molecule is COc1ccc(C(OC[C@H]2CC[C@H](n3cnc4c(NCc5ccc[nH]c5=O)ncnc43)O2)(c2ccccc2)c2ccc(OC)cc2)cc1. The average Bonchev–Trinajstić information content (AvgIpc) is 3.80. The van der Waals surface area contributed by atoms with Gasteiger partial charge in [-0.2, -0.15) is 0 Å². The van der Waals surface area contributed by atoms with Crippen molar-refractivity contribution in [3.63, 3.8) is 0 Å². The third-order valence-corrected chi connectivity index (χ3v) is 8.76. The monoisotopic (exact) mass is 644 g/mol. The Hall–Kier alpha value is -5.52. The van der Waals surface area contributed by atoms with E-state index in [0.717, 1.165) is 41.0 Å². The molecule has 2 N–H and O–H groups in total. The molecule has 1 aliphatic heterocycles. The zero-order valence-electron chi connectivity index (χ0n) is 26.7. The summed E-state index contributed by atoms with van der Waals surface area (Å²) in [7, 11) is 3.32. The number of nitrogens with one attached hydrogen (secondary N) is 2. The van der Waals surface area contributed by atoms with Gasteiger partial charge in [0.1, 0.15) is 29.7 Å². The predicted octanol–water partition coefficient (Wildman–Crippen LogP) is 5.83. The van der Waals surface area contributed by atoms with E-state index >= 15 is 0 Å². The van der Waals surface area contributed by atoms with Crippen molar-refractivity contribution < 1.29 is 18.9 Å². The van der Waals surface area contributed by atoms with Crippen LogP contribution in [0, 0.1) is 0 Å². The van der Waals surface area contributed by atoms with Crippen LogP contribution in [0.3, 0.4) is 0 Å². The molecule has 0 radical (unpaired) electrons. The van der Waals surface area contributed by atoms with E-state index < -0.39 is 5.60 Å². The summed E-state index contributed by atoms with van der Waals surface area (Å²) in [6.45, 7) is 0.642. The standard InChI is InChI=1S/C37H36N6O5/c1-45-29-14-10-27(11-15-29)37(26-8-4-3-5-9-26,28-12-16-30(46-2)17-13-28)47-22-31-18-19-32(48-31)43-24-42-33-34(40-23-41-35(33)43)39-21-25-7-6-20-38-36(25)44/h3-17,20,23-24,31-32H,18-19,21-22H2,1-2H3,(H,38,44)(H,39,40,41)/t31-,32-/m1/s1. The largest absolute Gasteiger partial charge is 0.497 e. The molecule has 244 valence electrons. The second kappa shape index (κ2) is 13.7. The highest BCUT2D eigenvalue weighted by atomic mass is 16.6. The van der Waals surface area contributed by atoms with Crippen molar-refractivity contribution in [3.05, 3.63) is 142 Å². The highest BCUT2D eigenvalue weighted by molar-refractivity contribution is 5.82. The quantitative estimate of drug-likeness (QED) is 0.158. The molecular formula is C37H36N6O5. The number of fused-ring (bicyclic) bond motifs is 1. The summed E-state index contributed by atoms with van der Waals surface area (Å²) in [6.07, 6.45) is 5.91. The fraction of sp³-hybridized carbons (Fsp3) is 0.243. The van der Waals surface area contributed by atoms with E-state index in [1.807, 2.05) is 71.3 Å². The number of nitrogens with zero attached hydrogens (tertiary/aromatic N) is 4. The Morgan fingerprint density at radius 3 is 2.21 bits per heavy atom. The lowest BCUT2D eigenvalue weighted by molar-refractivity contribution is -0.0756. The van der Waals surface area contributed by atoms with Gasteiger partial charge in [-0.3, -0.25) is 9.36 Å². The zero-order valence-corrected chi connectivity index (χ0v) is 26.7. The summed E-state index contributed by atoms with van der Waals surface area (Å²) in [6, 6.07) is 29.8. The molecule has 2 atom stereocenters. The number of imidazole rings is 1. The normalized spacial score (nSPS) is 16.2. The van der Waals surface area contributed by atoms with E-state index in [4.69, 9.17) is 18.9 Å². The van der Waals surface area contributed by atoms with Crippen LogP contribution in [0.4, 0.5) is 5.82 Å². The Morgan fingerprint density at radius 1 is 0.854 bits per heavy atom. The molecule has 48 heavy (non-hydrogen) atoms. The number of hydrogen-bond acceptors (Lipinski definition) is 9. The second-order valence-corrected chi connectivity index (χ2v) is 11.5. The molecule has 1 aliphatic rings. The fourth-order valence-corrected chi connectivity index (χ4v) is 6.27. The Labute approximate surface area is 277 Å². The molecule has 0 spiro atoms. The van der Waals surface area contributed by atoms with E-state index in [9.17, 15) is 4.79 Å². The number of H-pyrrole nitrogens is 1. The van der Waals surface area contributed by atoms with Gasteiger partial charge < -0.3 is 29.2 Å². The van der Waals surface area contributed by atoms with Crippen LogP contribution in [0.5, 0.6) is 11.5 Å². The summed E-state index contributed by atoms with van der Waals surface area (Å²) in [4.78, 5) is 28.4. The van der Waals surface area contributed by atoms with E-state index in [0.29, 0.717) is 35.7 Å². The Kier molecular flexibility index (Phi) is 8.87. The molecular weight excluding hydrogens is 608 g/mol. The smallest absolute Gasteiger partial charge is 0.252 e. The minimum atomic E-state index is -0.933. The first kappa shape index (κ1) is 31.1. The third kappa shape index (κ3) is 6.01. The van der Waals surface area contributed by atoms with Crippen LogP contribution in [0.15, 0.2) is 115 Å². The van der Waals surface area contributed by atoms with E-state index in [-0.39, 0.29) is 17.9 Å². The molecule has 1 saturated heterocycles. The molecule has 0 aliphatic carbocycles. The van der Waals surface area contributed by atoms with Gasteiger partial charge in [-0.05, 0) is 59.9 Å². The maximum Gasteiger partial charge on any atom is 0.252 e. The molecule has 0 saturated carbocycles. The van der Waals surface area contributed by atoms with Crippen LogP contribution in [-0.2, 0) is 21.6 Å². The first-order chi connectivity index (χ1) is 23.6. The highest BCUT2D eigenvalue weighted by Gasteiger charge is 2.40. The lowest BCUT2D eigenvalue weighted by atomic mass is 9.80. The molecule has 0 amide bonds. The van der Waals surface area contributed by atoms with Crippen LogP contribution in [0.2, 0.25) is 0 Å². The van der Waals surface area contributed by atoms with Gasteiger partial charge in [0.25, 0.3) is 5.56 Å². The number of benzene rings is 3. The highest BCUT2D eigenvalue weighted by Crippen LogP contribution is 2.43. The van der Waals surface area contributed by atoms with Crippen LogP contribution in [0.25, 0.3) is 11.2 Å². The Balaban J connectivity index is 1.15. The topological polar surface area (TPSA) is 125 Å². The third-order valence-electron chi connectivity index (χ3n) is 8.76. The lowest BCUT2D eigenvalue weighted by Gasteiger charge is -2.37. The summed E-state index contributed by atoms with van der Waals surface area (Å²) < 4.78 is 26.6. The lowest BCUT2D eigenvalue weighted by Crippen LogP contribution is -2.35. The maximum absolute atomic E-state index is 12.1. The summed E-state index contributed by atoms with van der Waals surface area (Å²) in [5.74, 6) is 2.08. The van der Waals surface area contributed by atoms with Gasteiger partial charge >= 0.3 is 0 Å². The number of ether oxygens (including phenoxy) is 4. The molecule has 6 aromatic rings. The first-order valence-corrected chi connectivity index (χ1v) is 15.8. The summed E-state index contributed by atoms with van der Waals surface area (Å²) in [5.41, 5.74) is 3.69. The molecule has 0 bridgehead atoms. The minimum Gasteiger partial charge on any atom is -0.497 e. The van der Waals surface area contributed by atoms with E-state index in [1.54, 1.807) is 38.9 Å². The van der Waals surface area contributed by atoms with Gasteiger partial charge in [0.05, 0.1) is 33.3 Å². The van der Waals surface area contributed by atoms with Gasteiger partial charge in [-0.1, -0.05) is 60.7 Å². The number of hydrogen-bond donors (Lipinski definition) is 2. The molecule has 0 unspecified atom stereocenters. The fourth-order valence-electron chi connectivity index (χ4n) is 6.27. The number of anilines is 1. The summed E-state index contributed by atoms with van der Waals surface area (Å²) >= 11 is 0. The second-order valence-electron chi connectivity index (χ2n) is 11.5. The maximum atomic E-state index is 12.1. The van der Waals surface area contributed by atoms with Crippen molar-refractivity contribution in [3.8, 4) is 11.5 Å². The van der Waals surface area contributed by atoms with Crippen LogP contribution in [0.1, 0.15) is 41.3 Å². The number of pyridine rings is 1. The van der Waals surface area contributed by atoms with Gasteiger partial charge in [-0.15, -0.1) is 0 Å². The van der Waals surface area contributed by atoms with Gasteiger partial charge in [0.2, 0.25) is 0 Å². The van der Waals surface area contributed by atoms with E-state index in [1.165, 1.54) is 6.33 Å². The van der Waals surface area contributed by atoms with Crippen LogP contribution < -0.4 is 20.3 Å². The molecule has 4 heterocycles. The molecule has 1 fully saturated rings. The van der Waals surface area contributed by atoms with Crippen molar-refractivity contribution in [2.24, 2.45) is 0 Å². The zero-order chi connectivity index (χ0) is 32.9. The van der Waals surface area contributed by atoms with Crippen molar-refractivity contribution in [1.82, 2.24) is 24.5 Å². The number of aromatic nitrogens is 5. The molecule has 3 aromatic carbocycles. The number of rotatable bonds is 12. The number of methoxy groups -OCH3 is 2. The summed E-state index contributed by atoms with van der Waals surface area (Å²) in [5, 5.41) is 3.23. The molecule has 3 aromatic heterocycles.